The summed E-state index contributed by atoms with van der Waals surface area (Å²) in [5, 5.41) is 3.98. The highest BCUT2D eigenvalue weighted by Gasteiger charge is 2.32. The van der Waals surface area contributed by atoms with Gasteiger partial charge in [0.05, 0.1) is 0 Å². The highest BCUT2D eigenvalue weighted by Crippen LogP contribution is 2.29. The Bertz CT molecular complexity index is 215. The van der Waals surface area contributed by atoms with Gasteiger partial charge in [0, 0.05) is 17.5 Å². The van der Waals surface area contributed by atoms with Crippen LogP contribution in [0.3, 0.4) is 0 Å². The van der Waals surface area contributed by atoms with E-state index in [0.717, 1.165) is 24.6 Å². The Morgan fingerprint density at radius 3 is 2.62 bits per heavy atom. The fraction of sp³-hybridized carbons (Fsp3) is 0.917. The van der Waals surface area contributed by atoms with Crippen LogP contribution in [0, 0.1) is 0 Å². The van der Waals surface area contributed by atoms with Crippen LogP contribution < -0.4 is 5.32 Å². The van der Waals surface area contributed by atoms with Gasteiger partial charge >= 0.3 is 0 Å². The lowest BCUT2D eigenvalue weighted by molar-refractivity contribution is -0.127. The van der Waals surface area contributed by atoms with Crippen LogP contribution in [0.4, 0.5) is 0 Å². The zero-order chi connectivity index (χ0) is 11.9. The van der Waals surface area contributed by atoms with Gasteiger partial charge in [0.1, 0.15) is 6.61 Å². The first-order chi connectivity index (χ1) is 7.72. The zero-order valence-electron chi connectivity index (χ0n) is 10.1. The van der Waals surface area contributed by atoms with Crippen LogP contribution in [0.1, 0.15) is 45.4 Å². The van der Waals surface area contributed by atoms with Crippen molar-refractivity contribution < 1.29 is 9.53 Å². The van der Waals surface area contributed by atoms with Gasteiger partial charge in [-0.25, -0.2) is 0 Å². The summed E-state index contributed by atoms with van der Waals surface area (Å²) in [6.07, 6.45) is 6.83. The van der Waals surface area contributed by atoms with Crippen molar-refractivity contribution in [2.75, 3.05) is 18.5 Å². The molecule has 3 nitrogen and oxygen atoms in total. The number of hydrogen-bond donors (Lipinski definition) is 1. The molecule has 0 aromatic rings. The van der Waals surface area contributed by atoms with Crippen molar-refractivity contribution in [3.05, 3.63) is 0 Å². The van der Waals surface area contributed by atoms with Crippen molar-refractivity contribution in [3.63, 3.8) is 0 Å². The maximum absolute atomic E-state index is 11.7. The molecule has 0 radical (unpaired) electrons. The Hall–Kier alpha value is -0.0900. The van der Waals surface area contributed by atoms with E-state index in [1.165, 1.54) is 19.3 Å². The van der Waals surface area contributed by atoms with Crippen LogP contribution >= 0.6 is 15.9 Å². The second-order valence-electron chi connectivity index (χ2n) is 4.58. The lowest BCUT2D eigenvalue weighted by Crippen LogP contribution is -2.52. The predicted octanol–water partition coefficient (Wildman–Crippen LogP) is 2.63. The van der Waals surface area contributed by atoms with Crippen molar-refractivity contribution >= 4 is 21.8 Å². The number of nitrogens with one attached hydrogen (secondary N) is 1. The zero-order valence-corrected chi connectivity index (χ0v) is 11.6. The lowest BCUT2D eigenvalue weighted by atomic mass is 9.83. The van der Waals surface area contributed by atoms with Gasteiger partial charge in [-0.1, -0.05) is 42.1 Å². The lowest BCUT2D eigenvalue weighted by Gasteiger charge is -2.36. The second-order valence-corrected chi connectivity index (χ2v) is 5.14. The molecule has 1 N–H and O–H groups in total. The fourth-order valence-corrected chi connectivity index (χ4v) is 2.86. The van der Waals surface area contributed by atoms with Crippen molar-refractivity contribution in [1.82, 2.24) is 5.32 Å². The van der Waals surface area contributed by atoms with E-state index in [2.05, 4.69) is 21.2 Å². The number of rotatable bonds is 6. The molecule has 1 aliphatic carbocycles. The number of ether oxygens (including phenoxy) is 1. The summed E-state index contributed by atoms with van der Waals surface area (Å²) in [6, 6.07) is 0. The van der Waals surface area contributed by atoms with Crippen LogP contribution in [0.15, 0.2) is 0 Å². The number of carbonyl (C=O) groups is 1. The number of amides is 1. The molecule has 0 saturated heterocycles. The summed E-state index contributed by atoms with van der Waals surface area (Å²) < 4.78 is 5.25. The van der Waals surface area contributed by atoms with Crippen LogP contribution in [-0.4, -0.2) is 30.0 Å². The van der Waals surface area contributed by atoms with Crippen LogP contribution in [0.5, 0.6) is 0 Å². The molecular weight excluding hydrogens is 270 g/mol. The Balaban J connectivity index is 2.33. The van der Waals surface area contributed by atoms with Crippen LogP contribution in [0.25, 0.3) is 0 Å². The molecule has 1 aliphatic rings. The minimum absolute atomic E-state index is 0.0229. The average Bonchev–Trinajstić information content (AvgIpc) is 2.30. The Morgan fingerprint density at radius 2 is 2.06 bits per heavy atom. The molecule has 0 atom stereocenters. The molecule has 1 rings (SSSR count). The van der Waals surface area contributed by atoms with Crippen LogP contribution in [-0.2, 0) is 9.53 Å². The molecule has 1 saturated carbocycles. The topological polar surface area (TPSA) is 38.3 Å². The van der Waals surface area contributed by atoms with Gasteiger partial charge in [0.25, 0.3) is 0 Å². The van der Waals surface area contributed by atoms with E-state index in [4.69, 9.17) is 4.74 Å². The summed E-state index contributed by atoms with van der Waals surface area (Å²) >= 11 is 3.52. The summed E-state index contributed by atoms with van der Waals surface area (Å²) in [4.78, 5) is 11.7. The van der Waals surface area contributed by atoms with E-state index < -0.39 is 0 Å². The first-order valence-corrected chi connectivity index (χ1v) is 7.29. The first-order valence-electron chi connectivity index (χ1n) is 6.17. The minimum atomic E-state index is -0.0229. The third-order valence-corrected chi connectivity index (χ3v) is 4.13. The van der Waals surface area contributed by atoms with Crippen molar-refractivity contribution in [2.24, 2.45) is 0 Å². The van der Waals surface area contributed by atoms with E-state index in [9.17, 15) is 4.79 Å². The molecule has 4 heteroatoms. The monoisotopic (exact) mass is 291 g/mol. The van der Waals surface area contributed by atoms with E-state index in [1.54, 1.807) is 0 Å². The normalized spacial score (nSPS) is 19.4. The van der Waals surface area contributed by atoms with Gasteiger partial charge in [-0.3, -0.25) is 4.79 Å². The Kier molecular flexibility index (Phi) is 6.36. The largest absolute Gasteiger partial charge is 0.372 e. The molecule has 0 spiro atoms. The highest BCUT2D eigenvalue weighted by molar-refractivity contribution is 9.09. The molecule has 0 aromatic carbocycles. The number of carbonyl (C=O) groups excluding carboxylic acids is 1. The fourth-order valence-electron chi connectivity index (χ4n) is 2.16. The molecule has 0 bridgehead atoms. The molecule has 1 fully saturated rings. The van der Waals surface area contributed by atoms with E-state index >= 15 is 0 Å². The van der Waals surface area contributed by atoms with Gasteiger partial charge < -0.3 is 10.1 Å². The quantitative estimate of drug-likeness (QED) is 0.603. The molecule has 1 amide bonds. The maximum Gasteiger partial charge on any atom is 0.246 e. The van der Waals surface area contributed by atoms with E-state index in [0.29, 0.717) is 6.61 Å². The first kappa shape index (κ1) is 14.0. The van der Waals surface area contributed by atoms with Gasteiger partial charge in [-0.15, -0.1) is 0 Å². The third-order valence-electron chi connectivity index (χ3n) is 3.05. The van der Waals surface area contributed by atoms with Gasteiger partial charge in [0.2, 0.25) is 5.91 Å². The van der Waals surface area contributed by atoms with Gasteiger partial charge in [-0.2, -0.15) is 0 Å². The smallest absolute Gasteiger partial charge is 0.246 e. The van der Waals surface area contributed by atoms with Crippen molar-refractivity contribution in [2.45, 2.75) is 51.0 Å². The SMILES string of the molecule is CCCOCC(=O)NC1(CBr)CCCCC1. The molecule has 0 aliphatic heterocycles. The molecule has 0 unspecified atom stereocenters. The summed E-state index contributed by atoms with van der Waals surface area (Å²) in [6.45, 7) is 2.90. The van der Waals surface area contributed by atoms with Crippen LogP contribution in [0.2, 0.25) is 0 Å². The summed E-state index contributed by atoms with van der Waals surface area (Å²) in [5.74, 6) is 0.0230. The van der Waals surface area contributed by atoms with E-state index in [-0.39, 0.29) is 18.1 Å². The standard InChI is InChI=1S/C12H22BrNO2/c1-2-8-16-9-11(15)14-12(10-13)6-4-3-5-7-12/h2-10H2,1H3,(H,14,15). The maximum atomic E-state index is 11.7. The van der Waals surface area contributed by atoms with Crippen molar-refractivity contribution in [1.29, 1.82) is 0 Å². The average molecular weight is 292 g/mol. The molecule has 16 heavy (non-hydrogen) atoms. The highest BCUT2D eigenvalue weighted by atomic mass is 79.9. The van der Waals surface area contributed by atoms with Gasteiger partial charge in [-0.05, 0) is 19.3 Å². The van der Waals surface area contributed by atoms with E-state index in [1.807, 2.05) is 6.92 Å². The Morgan fingerprint density at radius 1 is 1.38 bits per heavy atom. The number of hydrogen-bond acceptors (Lipinski definition) is 2. The molecule has 94 valence electrons. The third kappa shape index (κ3) is 4.42. The molecule has 0 heterocycles. The van der Waals surface area contributed by atoms with Crippen molar-refractivity contribution in [3.8, 4) is 0 Å². The predicted molar refractivity (Wildman–Crippen MR) is 68.9 cm³/mol. The summed E-state index contributed by atoms with van der Waals surface area (Å²) in [7, 11) is 0. The minimum Gasteiger partial charge on any atom is -0.372 e. The second kappa shape index (κ2) is 7.28. The van der Waals surface area contributed by atoms with Gasteiger partial charge in [0.15, 0.2) is 0 Å². The Labute approximate surface area is 106 Å². The molecular formula is C12H22BrNO2. The molecule has 0 aromatic heterocycles. The number of halogens is 1. The summed E-state index contributed by atoms with van der Waals surface area (Å²) in [5.41, 5.74) is -0.0229. The number of alkyl halides is 1.